The van der Waals surface area contributed by atoms with Crippen molar-refractivity contribution in [3.8, 4) is 0 Å². The van der Waals surface area contributed by atoms with Crippen molar-refractivity contribution < 1.29 is 14.6 Å². The lowest BCUT2D eigenvalue weighted by molar-refractivity contribution is 0.0244. The van der Waals surface area contributed by atoms with Crippen LogP contribution < -0.4 is 0 Å². The Bertz CT molecular complexity index is 349. The Morgan fingerprint density at radius 3 is 3.00 bits per heavy atom. The summed E-state index contributed by atoms with van der Waals surface area (Å²) in [5, 5.41) is 16.8. The number of carbonyl (C=O) groups excluding carboxylic acids is 1. The molecule has 1 heterocycles. The van der Waals surface area contributed by atoms with E-state index in [1.54, 1.807) is 0 Å². The van der Waals surface area contributed by atoms with Crippen LogP contribution in [-0.4, -0.2) is 39.3 Å². The van der Waals surface area contributed by atoms with Crippen molar-refractivity contribution in [1.29, 1.82) is 0 Å². The Hall–Kier alpha value is -1.43. The summed E-state index contributed by atoms with van der Waals surface area (Å²) in [7, 11) is 1.29. The van der Waals surface area contributed by atoms with Crippen LogP contribution in [0.1, 0.15) is 29.4 Å². The maximum absolute atomic E-state index is 11.0. The molecule has 0 amide bonds. The molecule has 14 heavy (non-hydrogen) atoms. The van der Waals surface area contributed by atoms with E-state index >= 15 is 0 Å². The highest BCUT2D eigenvalue weighted by molar-refractivity contribution is 5.86. The topological polar surface area (TPSA) is 77.2 Å². The lowest BCUT2D eigenvalue weighted by Gasteiger charge is -2.31. The fourth-order valence-electron chi connectivity index (χ4n) is 1.41. The van der Waals surface area contributed by atoms with E-state index in [9.17, 15) is 9.90 Å². The molecule has 6 heteroatoms. The third-order valence-corrected chi connectivity index (χ3v) is 2.45. The third kappa shape index (κ3) is 1.37. The molecule has 2 rings (SSSR count). The van der Waals surface area contributed by atoms with Crippen molar-refractivity contribution in [2.24, 2.45) is 0 Å². The van der Waals surface area contributed by atoms with Gasteiger partial charge in [-0.3, -0.25) is 0 Å². The lowest BCUT2D eigenvalue weighted by Crippen LogP contribution is -2.34. The molecule has 0 aromatic carbocycles. The number of ether oxygens (including phenoxy) is 1. The van der Waals surface area contributed by atoms with Crippen LogP contribution in [0.25, 0.3) is 0 Å². The van der Waals surface area contributed by atoms with Gasteiger partial charge in [0.1, 0.15) is 0 Å². The maximum Gasteiger partial charge on any atom is 0.360 e. The van der Waals surface area contributed by atoms with Crippen LogP contribution in [0.3, 0.4) is 0 Å². The zero-order valence-corrected chi connectivity index (χ0v) is 7.75. The molecule has 0 bridgehead atoms. The molecule has 0 saturated heterocycles. The molecule has 0 radical (unpaired) electrons. The first kappa shape index (κ1) is 9.14. The van der Waals surface area contributed by atoms with E-state index < -0.39 is 5.97 Å². The molecule has 2 unspecified atom stereocenters. The smallest absolute Gasteiger partial charge is 0.360 e. The molecule has 0 aliphatic heterocycles. The van der Waals surface area contributed by atoms with Gasteiger partial charge in [-0.05, 0) is 12.8 Å². The van der Waals surface area contributed by atoms with E-state index in [0.717, 1.165) is 12.8 Å². The van der Waals surface area contributed by atoms with Crippen LogP contribution in [0, 0.1) is 0 Å². The van der Waals surface area contributed by atoms with E-state index in [1.807, 2.05) is 0 Å². The molecule has 1 saturated carbocycles. The Morgan fingerprint density at radius 1 is 1.71 bits per heavy atom. The van der Waals surface area contributed by atoms with Crippen LogP contribution in [0.15, 0.2) is 6.20 Å². The molecule has 1 aliphatic rings. The predicted octanol–water partition coefficient (Wildman–Crippen LogP) is -0.240. The quantitative estimate of drug-likeness (QED) is 0.662. The van der Waals surface area contributed by atoms with Crippen molar-refractivity contribution in [3.63, 3.8) is 0 Å². The molecule has 1 aromatic rings. The molecule has 1 aliphatic carbocycles. The van der Waals surface area contributed by atoms with Crippen LogP contribution in [-0.2, 0) is 4.74 Å². The summed E-state index contributed by atoms with van der Waals surface area (Å²) >= 11 is 0. The van der Waals surface area contributed by atoms with Gasteiger partial charge >= 0.3 is 5.97 Å². The van der Waals surface area contributed by atoms with Crippen molar-refractivity contribution in [2.75, 3.05) is 7.11 Å². The summed E-state index contributed by atoms with van der Waals surface area (Å²) in [6.45, 7) is 0. The van der Waals surface area contributed by atoms with Gasteiger partial charge in [0.2, 0.25) is 0 Å². The van der Waals surface area contributed by atoms with Crippen molar-refractivity contribution >= 4 is 5.97 Å². The Morgan fingerprint density at radius 2 is 2.50 bits per heavy atom. The van der Waals surface area contributed by atoms with Gasteiger partial charge in [0.05, 0.1) is 25.5 Å². The average molecular weight is 197 g/mol. The second kappa shape index (κ2) is 3.38. The molecule has 1 fully saturated rings. The molecular weight excluding hydrogens is 186 g/mol. The van der Waals surface area contributed by atoms with E-state index in [0.29, 0.717) is 0 Å². The number of nitrogens with zero attached hydrogens (tertiary/aromatic N) is 3. The number of aliphatic hydroxyl groups excluding tert-OH is 1. The number of carbonyl (C=O) groups is 1. The number of aliphatic hydroxyl groups is 1. The van der Waals surface area contributed by atoms with Gasteiger partial charge in [-0.2, -0.15) is 0 Å². The number of hydrogen-bond donors (Lipinski definition) is 1. The number of aromatic nitrogens is 3. The van der Waals surface area contributed by atoms with Crippen LogP contribution in [0.4, 0.5) is 0 Å². The highest BCUT2D eigenvalue weighted by atomic mass is 16.5. The normalized spacial score (nSPS) is 25.6. The monoisotopic (exact) mass is 197 g/mol. The van der Waals surface area contributed by atoms with Crippen LogP contribution >= 0.6 is 0 Å². The number of methoxy groups -OCH3 is 1. The molecule has 2 atom stereocenters. The van der Waals surface area contributed by atoms with Crippen molar-refractivity contribution in [2.45, 2.75) is 25.0 Å². The number of rotatable bonds is 2. The number of hydrogen-bond acceptors (Lipinski definition) is 5. The van der Waals surface area contributed by atoms with E-state index in [2.05, 4.69) is 15.0 Å². The van der Waals surface area contributed by atoms with Gasteiger partial charge in [-0.15, -0.1) is 5.10 Å². The third-order valence-electron chi connectivity index (χ3n) is 2.45. The molecule has 6 nitrogen and oxygen atoms in total. The van der Waals surface area contributed by atoms with Crippen molar-refractivity contribution in [1.82, 2.24) is 15.0 Å². The predicted molar refractivity (Wildman–Crippen MR) is 45.6 cm³/mol. The van der Waals surface area contributed by atoms with Gasteiger partial charge in [-0.25, -0.2) is 9.48 Å². The van der Waals surface area contributed by atoms with Gasteiger partial charge < -0.3 is 9.84 Å². The highest BCUT2D eigenvalue weighted by Crippen LogP contribution is 2.31. The second-order valence-corrected chi connectivity index (χ2v) is 3.29. The van der Waals surface area contributed by atoms with Gasteiger partial charge in [0, 0.05) is 0 Å². The fraction of sp³-hybridized carbons (Fsp3) is 0.625. The Balaban J connectivity index is 2.13. The van der Waals surface area contributed by atoms with Crippen molar-refractivity contribution in [3.05, 3.63) is 11.9 Å². The van der Waals surface area contributed by atoms with Crippen LogP contribution in [0.2, 0.25) is 0 Å². The first-order valence-electron chi connectivity index (χ1n) is 4.40. The minimum absolute atomic E-state index is 0.0408. The Kier molecular flexibility index (Phi) is 2.20. The zero-order valence-electron chi connectivity index (χ0n) is 7.75. The van der Waals surface area contributed by atoms with Gasteiger partial charge in [0.15, 0.2) is 5.69 Å². The van der Waals surface area contributed by atoms with Crippen LogP contribution in [0.5, 0.6) is 0 Å². The minimum atomic E-state index is -0.509. The average Bonchev–Trinajstić information content (AvgIpc) is 2.63. The first-order valence-corrected chi connectivity index (χ1v) is 4.40. The zero-order chi connectivity index (χ0) is 10.1. The molecule has 1 N–H and O–H groups in total. The largest absolute Gasteiger partial charge is 0.464 e. The van der Waals surface area contributed by atoms with E-state index in [-0.39, 0.29) is 17.8 Å². The minimum Gasteiger partial charge on any atom is -0.464 e. The van der Waals surface area contributed by atoms with E-state index in [4.69, 9.17) is 0 Å². The summed E-state index contributed by atoms with van der Waals surface area (Å²) in [6, 6.07) is -0.0408. The summed E-state index contributed by atoms with van der Waals surface area (Å²) in [4.78, 5) is 11.0. The van der Waals surface area contributed by atoms with E-state index in [1.165, 1.54) is 18.0 Å². The standard InChI is InChI=1S/C8H11N3O3/c1-14-8(13)5-4-11(10-9-5)6-2-3-7(6)12/h4,6-7,12H,2-3H2,1H3. The first-order chi connectivity index (χ1) is 6.72. The summed E-state index contributed by atoms with van der Waals surface area (Å²) in [5.74, 6) is -0.509. The molecule has 76 valence electrons. The molecule has 1 aromatic heterocycles. The summed E-state index contributed by atoms with van der Waals surface area (Å²) in [5.41, 5.74) is 0.173. The fourth-order valence-corrected chi connectivity index (χ4v) is 1.41. The highest BCUT2D eigenvalue weighted by Gasteiger charge is 2.31. The maximum atomic E-state index is 11.0. The number of esters is 1. The SMILES string of the molecule is COC(=O)c1cn(C2CCC2O)nn1. The molecule has 0 spiro atoms. The van der Waals surface area contributed by atoms with Gasteiger partial charge in [-0.1, -0.05) is 5.21 Å². The summed E-state index contributed by atoms with van der Waals surface area (Å²) in [6.07, 6.45) is 2.77. The summed E-state index contributed by atoms with van der Waals surface area (Å²) < 4.78 is 6.00. The molecular formula is C8H11N3O3. The second-order valence-electron chi connectivity index (χ2n) is 3.29. The Labute approximate surface area is 80.5 Å². The lowest BCUT2D eigenvalue weighted by atomic mass is 9.89. The van der Waals surface area contributed by atoms with Gasteiger partial charge in [0.25, 0.3) is 0 Å².